The average Bonchev–Trinajstić information content (AvgIpc) is 2.98. The van der Waals surface area contributed by atoms with Gasteiger partial charge < -0.3 is 34.7 Å². The van der Waals surface area contributed by atoms with E-state index in [9.17, 15) is 14.7 Å². The molecule has 0 aliphatic heterocycles. The number of amidine groups is 1. The monoisotopic (exact) mass is 592 g/mol. The summed E-state index contributed by atoms with van der Waals surface area (Å²) in [4.78, 5) is 29.7. The molecule has 4 rings (SSSR count). The zero-order valence-electron chi connectivity index (χ0n) is 23.2. The number of aromatic hydroxyl groups is 1. The number of ether oxygens (including phenoxy) is 4. The molecule has 3 aromatic carbocycles. The first-order chi connectivity index (χ1) is 20.5. The van der Waals surface area contributed by atoms with Crippen molar-refractivity contribution in [3.8, 4) is 40.5 Å². The lowest BCUT2D eigenvalue weighted by atomic mass is 10.2. The number of nitrogen functional groups attached to an aromatic ring is 1. The smallest absolute Gasteiger partial charge is 0.338 e. The van der Waals surface area contributed by atoms with Crippen molar-refractivity contribution in [2.24, 2.45) is 5.73 Å². The fourth-order valence-corrected chi connectivity index (χ4v) is 3.65. The minimum atomic E-state index is -1.42. The molecule has 1 amide bonds. The standard InChI is InChI=1S/C30H26F2N4O7/c1-4-40-30(39)18-8-6-9-19(14-18)41-25-23(31)27(42-20-10-5-7-17(13-20)29(38)36(2)3)35-28(24(25)32)43-22-15-16(26(33)34)11-12-21(22)37/h5-15,37H,4H2,1-3H3,(H3,33,34). The van der Waals surface area contributed by atoms with Crippen LogP contribution in [-0.4, -0.2) is 53.4 Å². The van der Waals surface area contributed by atoms with Crippen LogP contribution in [0.4, 0.5) is 8.78 Å². The van der Waals surface area contributed by atoms with Crippen molar-refractivity contribution < 1.29 is 42.4 Å². The Labute approximate surface area is 244 Å². The molecule has 0 fully saturated rings. The second kappa shape index (κ2) is 12.9. The number of nitrogens with one attached hydrogen (secondary N) is 1. The van der Waals surface area contributed by atoms with Crippen molar-refractivity contribution in [1.29, 1.82) is 5.41 Å². The number of aromatic nitrogens is 1. The topological polar surface area (TPSA) is 157 Å². The van der Waals surface area contributed by atoms with Crippen LogP contribution in [0.2, 0.25) is 0 Å². The molecular weight excluding hydrogens is 566 g/mol. The molecule has 0 bridgehead atoms. The van der Waals surface area contributed by atoms with Gasteiger partial charge in [0.1, 0.15) is 17.3 Å². The molecule has 1 aromatic heterocycles. The minimum absolute atomic E-state index is 0.0201. The van der Waals surface area contributed by atoms with Crippen LogP contribution in [0.3, 0.4) is 0 Å². The van der Waals surface area contributed by atoms with E-state index in [0.29, 0.717) is 0 Å². The first-order valence-electron chi connectivity index (χ1n) is 12.7. The molecule has 0 saturated heterocycles. The van der Waals surface area contributed by atoms with Crippen LogP contribution in [0, 0.1) is 17.0 Å². The van der Waals surface area contributed by atoms with Gasteiger partial charge >= 0.3 is 5.97 Å². The number of hydrogen-bond donors (Lipinski definition) is 3. The molecular formula is C30H26F2N4O7. The highest BCUT2D eigenvalue weighted by Crippen LogP contribution is 2.41. The molecule has 0 atom stereocenters. The molecule has 4 N–H and O–H groups in total. The lowest BCUT2D eigenvalue weighted by molar-refractivity contribution is 0.0525. The highest BCUT2D eigenvalue weighted by molar-refractivity contribution is 5.95. The molecule has 222 valence electrons. The van der Waals surface area contributed by atoms with Crippen LogP contribution >= 0.6 is 0 Å². The number of pyridine rings is 1. The molecule has 11 nitrogen and oxygen atoms in total. The molecule has 0 unspecified atom stereocenters. The van der Waals surface area contributed by atoms with Gasteiger partial charge in [-0.3, -0.25) is 10.2 Å². The Morgan fingerprint density at radius 1 is 0.884 bits per heavy atom. The number of amides is 1. The van der Waals surface area contributed by atoms with Crippen molar-refractivity contribution in [1.82, 2.24) is 9.88 Å². The molecule has 0 radical (unpaired) electrons. The number of phenols is 1. The number of benzene rings is 3. The summed E-state index contributed by atoms with van der Waals surface area (Å²) >= 11 is 0. The quantitative estimate of drug-likeness (QED) is 0.121. The van der Waals surface area contributed by atoms with Crippen molar-refractivity contribution >= 4 is 17.7 Å². The second-order valence-corrected chi connectivity index (χ2v) is 9.06. The van der Waals surface area contributed by atoms with Crippen molar-refractivity contribution in [3.63, 3.8) is 0 Å². The summed E-state index contributed by atoms with van der Waals surface area (Å²) in [6.45, 7) is 1.73. The maximum absolute atomic E-state index is 15.8. The Hall–Kier alpha value is -5.72. The zero-order valence-corrected chi connectivity index (χ0v) is 23.2. The van der Waals surface area contributed by atoms with E-state index in [-0.39, 0.29) is 52.3 Å². The van der Waals surface area contributed by atoms with Crippen LogP contribution in [0.15, 0.2) is 66.7 Å². The molecule has 1 heterocycles. The number of halogens is 2. The van der Waals surface area contributed by atoms with Gasteiger partial charge in [-0.25, -0.2) is 4.79 Å². The van der Waals surface area contributed by atoms with Gasteiger partial charge in [-0.1, -0.05) is 12.1 Å². The molecule has 4 aromatic rings. The summed E-state index contributed by atoms with van der Waals surface area (Å²) in [6, 6.07) is 14.8. The van der Waals surface area contributed by atoms with E-state index in [1.165, 1.54) is 59.5 Å². The normalized spacial score (nSPS) is 10.5. The van der Waals surface area contributed by atoms with Gasteiger partial charge in [0.05, 0.1) is 12.2 Å². The van der Waals surface area contributed by atoms with Gasteiger partial charge in [-0.15, -0.1) is 0 Å². The first kappa shape index (κ1) is 30.2. The lowest BCUT2D eigenvalue weighted by Crippen LogP contribution is -2.21. The van der Waals surface area contributed by atoms with Crippen molar-refractivity contribution in [2.45, 2.75) is 6.92 Å². The number of esters is 1. The van der Waals surface area contributed by atoms with Gasteiger partial charge in [-0.05, 0) is 61.5 Å². The van der Waals surface area contributed by atoms with Gasteiger partial charge in [0.15, 0.2) is 11.5 Å². The number of hydrogen-bond acceptors (Lipinski definition) is 9. The maximum Gasteiger partial charge on any atom is 0.338 e. The third kappa shape index (κ3) is 6.96. The number of nitrogens with zero attached hydrogens (tertiary/aromatic N) is 2. The molecule has 0 aliphatic carbocycles. The molecule has 43 heavy (non-hydrogen) atoms. The SMILES string of the molecule is CCOC(=O)c1cccc(Oc2c(F)c(Oc3cccc(C(=O)N(C)C)c3)nc(Oc3cc(C(=N)N)ccc3O)c2F)c1. The fourth-order valence-electron chi connectivity index (χ4n) is 3.65. The summed E-state index contributed by atoms with van der Waals surface area (Å²) in [5, 5.41) is 17.9. The Morgan fingerprint density at radius 3 is 2.12 bits per heavy atom. The zero-order chi connectivity index (χ0) is 31.3. The predicted molar refractivity (Wildman–Crippen MR) is 150 cm³/mol. The summed E-state index contributed by atoms with van der Waals surface area (Å²) in [5.74, 6) is -7.84. The number of rotatable bonds is 10. The van der Waals surface area contributed by atoms with Gasteiger partial charge in [0.2, 0.25) is 17.4 Å². The summed E-state index contributed by atoms with van der Waals surface area (Å²) in [6.07, 6.45) is 0. The van der Waals surface area contributed by atoms with Crippen molar-refractivity contribution in [2.75, 3.05) is 20.7 Å². The second-order valence-electron chi connectivity index (χ2n) is 9.06. The van der Waals surface area contributed by atoms with Crippen LogP contribution in [0.25, 0.3) is 0 Å². The summed E-state index contributed by atoms with van der Waals surface area (Å²) in [5.41, 5.74) is 5.93. The third-order valence-corrected chi connectivity index (χ3v) is 5.72. The molecule has 0 aliphatic rings. The van der Waals surface area contributed by atoms with E-state index in [0.717, 1.165) is 12.1 Å². The van der Waals surface area contributed by atoms with Crippen LogP contribution in [0.5, 0.6) is 40.5 Å². The average molecular weight is 593 g/mol. The Bertz CT molecular complexity index is 1710. The summed E-state index contributed by atoms with van der Waals surface area (Å²) < 4.78 is 53.1. The Morgan fingerprint density at radius 2 is 1.49 bits per heavy atom. The van der Waals surface area contributed by atoms with E-state index in [2.05, 4.69) is 4.98 Å². The van der Waals surface area contributed by atoms with E-state index in [1.807, 2.05) is 0 Å². The van der Waals surface area contributed by atoms with Crippen molar-refractivity contribution in [3.05, 3.63) is 95.1 Å². The van der Waals surface area contributed by atoms with E-state index in [1.54, 1.807) is 21.0 Å². The van der Waals surface area contributed by atoms with Gasteiger partial charge in [-0.2, -0.15) is 13.8 Å². The van der Waals surface area contributed by atoms with E-state index >= 15 is 8.78 Å². The Balaban J connectivity index is 1.81. The van der Waals surface area contributed by atoms with Crippen LogP contribution < -0.4 is 19.9 Å². The minimum Gasteiger partial charge on any atom is -0.504 e. The lowest BCUT2D eigenvalue weighted by Gasteiger charge is -2.16. The molecule has 0 spiro atoms. The van der Waals surface area contributed by atoms with Gasteiger partial charge in [0.25, 0.3) is 17.7 Å². The number of nitrogens with two attached hydrogens (primary N) is 1. The predicted octanol–water partition coefficient (Wildman–Crippen LogP) is 5.60. The largest absolute Gasteiger partial charge is 0.504 e. The van der Waals surface area contributed by atoms with Gasteiger partial charge in [0, 0.05) is 25.2 Å². The summed E-state index contributed by atoms with van der Waals surface area (Å²) in [7, 11) is 3.11. The number of phenolic OH excluding ortho intramolecular Hbond substituents is 1. The fraction of sp³-hybridized carbons (Fsp3) is 0.133. The first-order valence-corrected chi connectivity index (χ1v) is 12.7. The maximum atomic E-state index is 15.8. The molecule has 13 heteroatoms. The van der Waals surface area contributed by atoms with Crippen LogP contribution in [0.1, 0.15) is 33.2 Å². The number of carbonyl (C=O) groups excluding carboxylic acids is 2. The highest BCUT2D eigenvalue weighted by Gasteiger charge is 2.27. The highest BCUT2D eigenvalue weighted by atomic mass is 19.1. The third-order valence-electron chi connectivity index (χ3n) is 5.72. The Kier molecular flexibility index (Phi) is 9.04. The number of carbonyl (C=O) groups is 2. The molecule has 0 saturated carbocycles. The van der Waals surface area contributed by atoms with Crippen LogP contribution in [-0.2, 0) is 4.74 Å². The van der Waals surface area contributed by atoms with E-state index < -0.39 is 40.9 Å². The van der Waals surface area contributed by atoms with E-state index in [4.69, 9.17) is 30.1 Å².